The zero-order chi connectivity index (χ0) is 19.5. The van der Waals surface area contributed by atoms with Crippen molar-refractivity contribution in [3.63, 3.8) is 0 Å². The fourth-order valence-electron chi connectivity index (χ4n) is 2.00. The monoisotopic (exact) mass is 444 g/mol. The molecule has 0 aliphatic heterocycles. The Morgan fingerprint density at radius 2 is 1.92 bits per heavy atom. The van der Waals surface area contributed by atoms with E-state index in [1.807, 2.05) is 0 Å². The number of carbonyl (C=O) groups excluding carboxylic acids is 1. The second-order valence-corrected chi connectivity index (χ2v) is 8.71. The predicted octanol–water partition coefficient (Wildman–Crippen LogP) is 3.24. The Hall–Kier alpha value is -1.97. The molecule has 0 fully saturated rings. The van der Waals surface area contributed by atoms with Crippen LogP contribution in [0.4, 0.5) is 10.1 Å². The molecule has 1 atom stereocenters. The maximum absolute atomic E-state index is 13.8. The number of hydrogen-bond acceptors (Lipinski definition) is 4. The summed E-state index contributed by atoms with van der Waals surface area (Å²) in [6.07, 6.45) is -0.986. The summed E-state index contributed by atoms with van der Waals surface area (Å²) in [5, 5.41) is 2.57. The molecule has 2 aromatic carbocycles. The second kappa shape index (κ2) is 8.15. The second-order valence-electron chi connectivity index (χ2n) is 5.64. The van der Waals surface area contributed by atoms with Crippen LogP contribution in [0.1, 0.15) is 6.92 Å². The van der Waals surface area contributed by atoms with Crippen molar-refractivity contribution in [2.75, 3.05) is 19.4 Å². The molecule has 2 rings (SSSR count). The van der Waals surface area contributed by atoms with Crippen LogP contribution in [0.15, 0.2) is 51.8 Å². The van der Waals surface area contributed by atoms with Gasteiger partial charge < -0.3 is 10.1 Å². The molecule has 0 radical (unpaired) electrons. The first-order valence-corrected chi connectivity index (χ1v) is 9.79. The molecule has 0 saturated heterocycles. The number of anilines is 1. The topological polar surface area (TPSA) is 75.7 Å². The lowest BCUT2D eigenvalue weighted by molar-refractivity contribution is -0.122. The number of ether oxygens (including phenoxy) is 1. The summed E-state index contributed by atoms with van der Waals surface area (Å²) < 4.78 is 45.1. The maximum Gasteiger partial charge on any atom is 0.265 e. The first-order valence-electron chi connectivity index (χ1n) is 7.56. The van der Waals surface area contributed by atoms with Crippen molar-refractivity contribution in [1.29, 1.82) is 0 Å². The normalized spacial score (nSPS) is 12.7. The van der Waals surface area contributed by atoms with Crippen LogP contribution in [0.5, 0.6) is 5.75 Å². The van der Waals surface area contributed by atoms with Crippen LogP contribution in [-0.4, -0.2) is 38.8 Å². The number of sulfonamides is 1. The van der Waals surface area contributed by atoms with Crippen molar-refractivity contribution in [3.8, 4) is 5.75 Å². The molecular weight excluding hydrogens is 427 g/mol. The molecule has 26 heavy (non-hydrogen) atoms. The summed E-state index contributed by atoms with van der Waals surface area (Å²) in [4.78, 5) is 12.3. The lowest BCUT2D eigenvalue weighted by Crippen LogP contribution is -2.30. The van der Waals surface area contributed by atoms with Crippen LogP contribution in [0.25, 0.3) is 0 Å². The number of amides is 1. The van der Waals surface area contributed by atoms with Crippen molar-refractivity contribution in [2.45, 2.75) is 17.9 Å². The van der Waals surface area contributed by atoms with Gasteiger partial charge in [-0.2, -0.15) is 0 Å². The smallest absolute Gasteiger partial charge is 0.265 e. The van der Waals surface area contributed by atoms with E-state index in [1.165, 1.54) is 51.4 Å². The lowest BCUT2D eigenvalue weighted by atomic mass is 10.3. The third kappa shape index (κ3) is 4.80. The summed E-state index contributed by atoms with van der Waals surface area (Å²) >= 11 is 3.14. The Bertz CT molecular complexity index is 919. The number of hydrogen-bond donors (Lipinski definition) is 1. The minimum absolute atomic E-state index is 0.0489. The Morgan fingerprint density at radius 1 is 1.23 bits per heavy atom. The average molecular weight is 445 g/mol. The number of benzene rings is 2. The SMILES string of the molecule is CC(Oc1ccc(Br)cc1F)C(=O)Nc1cccc(S(=O)(=O)N(C)C)c1. The molecule has 2 aromatic rings. The Kier molecular flexibility index (Phi) is 6.38. The highest BCUT2D eigenvalue weighted by Crippen LogP contribution is 2.23. The van der Waals surface area contributed by atoms with Gasteiger partial charge in [0.05, 0.1) is 4.90 Å². The number of halogens is 2. The molecule has 0 aliphatic carbocycles. The average Bonchev–Trinajstić information content (AvgIpc) is 2.57. The molecule has 1 amide bonds. The predicted molar refractivity (Wildman–Crippen MR) is 100 cm³/mol. The molecule has 0 aliphatic rings. The van der Waals surface area contributed by atoms with Gasteiger partial charge in [0.15, 0.2) is 17.7 Å². The largest absolute Gasteiger partial charge is 0.478 e. The van der Waals surface area contributed by atoms with Gasteiger partial charge in [-0.1, -0.05) is 22.0 Å². The first kappa shape index (κ1) is 20.3. The zero-order valence-electron chi connectivity index (χ0n) is 14.4. The summed E-state index contributed by atoms with van der Waals surface area (Å²) in [5.74, 6) is -1.19. The summed E-state index contributed by atoms with van der Waals surface area (Å²) in [6, 6.07) is 10.1. The van der Waals surface area contributed by atoms with Crippen molar-refractivity contribution in [1.82, 2.24) is 4.31 Å². The molecular formula is C17H18BrFN2O4S. The van der Waals surface area contributed by atoms with Gasteiger partial charge in [-0.15, -0.1) is 0 Å². The molecule has 1 unspecified atom stereocenters. The van der Waals surface area contributed by atoms with Crippen molar-refractivity contribution >= 4 is 37.5 Å². The van der Waals surface area contributed by atoms with Gasteiger partial charge in [-0.25, -0.2) is 17.1 Å². The van der Waals surface area contributed by atoms with Gasteiger partial charge in [-0.05, 0) is 43.3 Å². The summed E-state index contributed by atoms with van der Waals surface area (Å²) in [5.41, 5.74) is 0.296. The third-order valence-electron chi connectivity index (χ3n) is 3.45. The number of rotatable bonds is 6. The van der Waals surface area contributed by atoms with Crippen LogP contribution < -0.4 is 10.1 Å². The minimum atomic E-state index is -3.62. The number of carbonyl (C=O) groups is 1. The van der Waals surface area contributed by atoms with E-state index in [2.05, 4.69) is 21.2 Å². The van der Waals surface area contributed by atoms with E-state index in [0.29, 0.717) is 10.2 Å². The molecule has 1 N–H and O–H groups in total. The fraction of sp³-hybridized carbons (Fsp3) is 0.235. The molecule has 9 heteroatoms. The van der Waals surface area contributed by atoms with E-state index < -0.39 is 27.9 Å². The van der Waals surface area contributed by atoms with Gasteiger partial charge in [0, 0.05) is 24.3 Å². The van der Waals surface area contributed by atoms with Crippen molar-refractivity contribution in [3.05, 3.63) is 52.8 Å². The third-order valence-corrected chi connectivity index (χ3v) is 5.75. The fourth-order valence-corrected chi connectivity index (χ4v) is 3.28. The van der Waals surface area contributed by atoms with E-state index in [-0.39, 0.29) is 10.6 Å². The van der Waals surface area contributed by atoms with Crippen LogP contribution in [0.3, 0.4) is 0 Å². The minimum Gasteiger partial charge on any atom is -0.478 e. The highest BCUT2D eigenvalue weighted by molar-refractivity contribution is 9.10. The molecule has 0 heterocycles. The van der Waals surface area contributed by atoms with E-state index in [4.69, 9.17) is 4.74 Å². The number of nitrogens with one attached hydrogen (secondary N) is 1. The highest BCUT2D eigenvalue weighted by Gasteiger charge is 2.20. The van der Waals surface area contributed by atoms with Gasteiger partial charge >= 0.3 is 0 Å². The van der Waals surface area contributed by atoms with Crippen molar-refractivity contribution in [2.24, 2.45) is 0 Å². The molecule has 6 nitrogen and oxygen atoms in total. The lowest BCUT2D eigenvalue weighted by Gasteiger charge is -2.16. The summed E-state index contributed by atoms with van der Waals surface area (Å²) in [7, 11) is -0.777. The molecule has 0 bridgehead atoms. The number of nitrogens with zero attached hydrogens (tertiary/aromatic N) is 1. The van der Waals surface area contributed by atoms with Crippen LogP contribution in [0.2, 0.25) is 0 Å². The Morgan fingerprint density at radius 3 is 2.54 bits per heavy atom. The van der Waals surface area contributed by atoms with E-state index >= 15 is 0 Å². The maximum atomic E-state index is 13.8. The summed E-state index contributed by atoms with van der Waals surface area (Å²) in [6.45, 7) is 1.47. The van der Waals surface area contributed by atoms with Gasteiger partial charge in [0.2, 0.25) is 10.0 Å². The Balaban J connectivity index is 2.12. The van der Waals surface area contributed by atoms with Crippen LogP contribution in [-0.2, 0) is 14.8 Å². The highest BCUT2D eigenvalue weighted by atomic mass is 79.9. The first-order chi connectivity index (χ1) is 12.1. The quantitative estimate of drug-likeness (QED) is 0.741. The van der Waals surface area contributed by atoms with E-state index in [0.717, 1.165) is 4.31 Å². The van der Waals surface area contributed by atoms with Crippen LogP contribution >= 0.6 is 15.9 Å². The molecule has 140 valence electrons. The van der Waals surface area contributed by atoms with Gasteiger partial charge in [-0.3, -0.25) is 4.79 Å². The molecule has 0 spiro atoms. The van der Waals surface area contributed by atoms with Gasteiger partial charge in [0.1, 0.15) is 0 Å². The molecule has 0 aromatic heterocycles. The standard InChI is InChI=1S/C17H18BrFN2O4S/c1-11(25-16-8-7-12(18)9-15(16)19)17(22)20-13-5-4-6-14(10-13)26(23,24)21(2)3/h4-11H,1-3H3,(H,20,22). The van der Waals surface area contributed by atoms with Crippen molar-refractivity contribution < 1.29 is 22.3 Å². The zero-order valence-corrected chi connectivity index (χ0v) is 16.8. The Labute approximate surface area is 160 Å². The van der Waals surface area contributed by atoms with E-state index in [1.54, 1.807) is 12.1 Å². The van der Waals surface area contributed by atoms with Crippen LogP contribution in [0, 0.1) is 5.82 Å². The van der Waals surface area contributed by atoms with E-state index in [9.17, 15) is 17.6 Å². The molecule has 0 saturated carbocycles. The van der Waals surface area contributed by atoms with Gasteiger partial charge in [0.25, 0.3) is 5.91 Å².